The number of hydrogen-bond donors (Lipinski definition) is 2. The van der Waals surface area contributed by atoms with Crippen molar-refractivity contribution in [3.05, 3.63) is 22.6 Å². The first-order valence-electron chi connectivity index (χ1n) is 6.29. The summed E-state index contributed by atoms with van der Waals surface area (Å²) >= 11 is 0. The van der Waals surface area contributed by atoms with E-state index in [4.69, 9.17) is 10.5 Å². The Morgan fingerprint density at radius 2 is 2.42 bits per heavy atom. The highest BCUT2D eigenvalue weighted by molar-refractivity contribution is 5.76. The van der Waals surface area contributed by atoms with E-state index in [0.29, 0.717) is 12.4 Å². The fourth-order valence-corrected chi connectivity index (χ4v) is 1.48. The van der Waals surface area contributed by atoms with Crippen molar-refractivity contribution in [1.29, 1.82) is 0 Å². The number of hydrogen-bond acceptors (Lipinski definition) is 5. The highest BCUT2D eigenvalue weighted by atomic mass is 16.5. The summed E-state index contributed by atoms with van der Waals surface area (Å²) in [5, 5.41) is 6.70. The molecule has 3 N–H and O–H groups in total. The Bertz CT molecular complexity index is 508. The van der Waals surface area contributed by atoms with Crippen LogP contribution in [-0.2, 0) is 11.3 Å². The molecule has 1 fully saturated rings. The standard InChI is InChI=1S/C12H18N4O3/c1-8(13)7-19-10-4-12(18)16(14-5-10)6-11(17)15-9-2-3-9/h4-5,8-9H,2-3,6-7,13H2,1H3,(H,15,17). The van der Waals surface area contributed by atoms with E-state index in [9.17, 15) is 9.59 Å². The number of aromatic nitrogens is 2. The third-order valence-electron chi connectivity index (χ3n) is 2.59. The predicted octanol–water partition coefficient (Wildman–Crippen LogP) is -0.752. The summed E-state index contributed by atoms with van der Waals surface area (Å²) in [5.74, 6) is 0.169. The largest absolute Gasteiger partial charge is 0.490 e. The first-order chi connectivity index (χ1) is 9.04. The van der Waals surface area contributed by atoms with E-state index in [0.717, 1.165) is 17.5 Å². The van der Waals surface area contributed by atoms with E-state index in [1.807, 2.05) is 0 Å². The molecular formula is C12H18N4O3. The van der Waals surface area contributed by atoms with Gasteiger partial charge in [0.25, 0.3) is 5.56 Å². The number of nitrogens with two attached hydrogens (primary N) is 1. The van der Waals surface area contributed by atoms with Crippen LogP contribution in [0, 0.1) is 0 Å². The van der Waals surface area contributed by atoms with Crippen LogP contribution in [0.1, 0.15) is 19.8 Å². The minimum Gasteiger partial charge on any atom is -0.490 e. The second-order valence-corrected chi connectivity index (χ2v) is 4.82. The van der Waals surface area contributed by atoms with Gasteiger partial charge in [0.2, 0.25) is 5.91 Å². The molecule has 1 atom stereocenters. The summed E-state index contributed by atoms with van der Waals surface area (Å²) in [6.07, 6.45) is 3.43. The molecule has 0 radical (unpaired) electrons. The monoisotopic (exact) mass is 266 g/mol. The molecule has 7 heteroatoms. The van der Waals surface area contributed by atoms with Gasteiger partial charge in [-0.2, -0.15) is 5.10 Å². The molecule has 0 aliphatic heterocycles. The van der Waals surface area contributed by atoms with Crippen molar-refractivity contribution >= 4 is 5.91 Å². The maximum Gasteiger partial charge on any atom is 0.270 e. The quantitative estimate of drug-likeness (QED) is 0.705. The summed E-state index contributed by atoms with van der Waals surface area (Å²) in [4.78, 5) is 23.3. The molecule has 1 aromatic heterocycles. The summed E-state index contributed by atoms with van der Waals surface area (Å²) in [7, 11) is 0. The summed E-state index contributed by atoms with van der Waals surface area (Å²) in [5.41, 5.74) is 5.18. The zero-order chi connectivity index (χ0) is 13.8. The number of nitrogens with one attached hydrogen (secondary N) is 1. The van der Waals surface area contributed by atoms with Gasteiger partial charge < -0.3 is 15.8 Å². The van der Waals surface area contributed by atoms with Crippen LogP contribution in [0.2, 0.25) is 0 Å². The van der Waals surface area contributed by atoms with Crippen LogP contribution in [0.15, 0.2) is 17.1 Å². The van der Waals surface area contributed by atoms with Gasteiger partial charge in [-0.1, -0.05) is 0 Å². The first kappa shape index (κ1) is 13.5. The molecule has 1 saturated carbocycles. The number of nitrogens with zero attached hydrogens (tertiary/aromatic N) is 2. The highest BCUT2D eigenvalue weighted by Gasteiger charge is 2.23. The van der Waals surface area contributed by atoms with Gasteiger partial charge in [0.15, 0.2) is 0 Å². The number of ether oxygens (including phenoxy) is 1. The van der Waals surface area contributed by atoms with Crippen LogP contribution >= 0.6 is 0 Å². The van der Waals surface area contributed by atoms with Crippen LogP contribution in [0.25, 0.3) is 0 Å². The molecule has 1 aromatic rings. The molecule has 0 saturated heterocycles. The van der Waals surface area contributed by atoms with Gasteiger partial charge in [0.1, 0.15) is 18.9 Å². The van der Waals surface area contributed by atoms with Crippen LogP contribution < -0.4 is 21.3 Å². The lowest BCUT2D eigenvalue weighted by Gasteiger charge is -2.09. The summed E-state index contributed by atoms with van der Waals surface area (Å²) in [6, 6.07) is 1.46. The molecule has 1 unspecified atom stereocenters. The number of carbonyl (C=O) groups excluding carboxylic acids is 1. The minimum absolute atomic E-state index is 0.0666. The molecule has 1 aliphatic rings. The smallest absolute Gasteiger partial charge is 0.270 e. The van der Waals surface area contributed by atoms with Gasteiger partial charge in [-0.15, -0.1) is 0 Å². The van der Waals surface area contributed by atoms with E-state index in [1.165, 1.54) is 12.3 Å². The molecule has 19 heavy (non-hydrogen) atoms. The van der Waals surface area contributed by atoms with Crippen molar-refractivity contribution in [2.45, 2.75) is 38.4 Å². The van der Waals surface area contributed by atoms with Crippen LogP contribution in [0.4, 0.5) is 0 Å². The van der Waals surface area contributed by atoms with Crippen molar-refractivity contribution in [1.82, 2.24) is 15.1 Å². The Kier molecular flexibility index (Phi) is 4.16. The van der Waals surface area contributed by atoms with Crippen LogP contribution in [0.5, 0.6) is 5.75 Å². The zero-order valence-electron chi connectivity index (χ0n) is 10.8. The lowest BCUT2D eigenvalue weighted by atomic mass is 10.4. The molecule has 0 bridgehead atoms. The predicted molar refractivity (Wildman–Crippen MR) is 68.8 cm³/mol. The van der Waals surface area contributed by atoms with Gasteiger partial charge in [-0.05, 0) is 19.8 Å². The molecule has 2 rings (SSSR count). The number of amides is 1. The molecule has 1 aliphatic carbocycles. The SMILES string of the molecule is CC(N)COc1cnn(CC(=O)NC2CC2)c(=O)c1. The van der Waals surface area contributed by atoms with Gasteiger partial charge in [-0.3, -0.25) is 9.59 Å². The Morgan fingerprint density at radius 1 is 1.68 bits per heavy atom. The highest BCUT2D eigenvalue weighted by Crippen LogP contribution is 2.18. The van der Waals surface area contributed by atoms with Gasteiger partial charge in [-0.25, -0.2) is 4.68 Å². The van der Waals surface area contributed by atoms with Crippen molar-refractivity contribution in [3.63, 3.8) is 0 Å². The minimum atomic E-state index is -0.367. The van der Waals surface area contributed by atoms with E-state index in [-0.39, 0.29) is 30.1 Å². The first-order valence-corrected chi connectivity index (χ1v) is 6.29. The van der Waals surface area contributed by atoms with E-state index in [1.54, 1.807) is 6.92 Å². The Morgan fingerprint density at radius 3 is 3.00 bits per heavy atom. The van der Waals surface area contributed by atoms with Crippen molar-refractivity contribution in [2.75, 3.05) is 6.61 Å². The second kappa shape index (κ2) is 5.83. The molecule has 0 spiro atoms. The fraction of sp³-hybridized carbons (Fsp3) is 0.583. The van der Waals surface area contributed by atoms with Gasteiger partial charge in [0.05, 0.1) is 6.20 Å². The topological polar surface area (TPSA) is 99.2 Å². The number of carbonyl (C=O) groups is 1. The van der Waals surface area contributed by atoms with E-state index in [2.05, 4.69) is 10.4 Å². The molecule has 1 heterocycles. The van der Waals surface area contributed by atoms with E-state index < -0.39 is 0 Å². The lowest BCUT2D eigenvalue weighted by molar-refractivity contribution is -0.122. The van der Waals surface area contributed by atoms with Crippen molar-refractivity contribution < 1.29 is 9.53 Å². The lowest BCUT2D eigenvalue weighted by Crippen LogP contribution is -2.34. The van der Waals surface area contributed by atoms with Crippen molar-refractivity contribution in [3.8, 4) is 5.75 Å². The average Bonchev–Trinajstić information content (AvgIpc) is 3.13. The molecule has 7 nitrogen and oxygen atoms in total. The van der Waals surface area contributed by atoms with Gasteiger partial charge >= 0.3 is 0 Å². The third-order valence-corrected chi connectivity index (χ3v) is 2.59. The molecule has 104 valence electrons. The molecule has 1 amide bonds. The summed E-state index contributed by atoms with van der Waals surface area (Å²) < 4.78 is 6.39. The maximum atomic E-state index is 11.7. The zero-order valence-corrected chi connectivity index (χ0v) is 10.8. The maximum absolute atomic E-state index is 11.7. The van der Waals surface area contributed by atoms with E-state index >= 15 is 0 Å². The van der Waals surface area contributed by atoms with Gasteiger partial charge in [0, 0.05) is 18.2 Å². The Labute approximate surface area is 110 Å². The Hall–Kier alpha value is -1.89. The fourth-order valence-electron chi connectivity index (χ4n) is 1.48. The van der Waals surface area contributed by atoms with Crippen LogP contribution in [0.3, 0.4) is 0 Å². The normalized spacial score (nSPS) is 15.9. The van der Waals surface area contributed by atoms with Crippen molar-refractivity contribution in [2.24, 2.45) is 5.73 Å². The Balaban J connectivity index is 1.94. The molecule has 0 aromatic carbocycles. The third kappa shape index (κ3) is 4.36. The van der Waals surface area contributed by atoms with Crippen LogP contribution in [-0.4, -0.2) is 34.4 Å². The average molecular weight is 266 g/mol. The second-order valence-electron chi connectivity index (χ2n) is 4.82. The summed E-state index contributed by atoms with van der Waals surface area (Å²) in [6.45, 7) is 2.05. The number of rotatable bonds is 6. The molecular weight excluding hydrogens is 248 g/mol.